The van der Waals surface area contributed by atoms with Gasteiger partial charge in [0.1, 0.15) is 11.5 Å². The molecule has 0 aliphatic rings. The molecule has 0 radical (unpaired) electrons. The minimum Gasteiger partial charge on any atom is -0.425 e. The highest BCUT2D eigenvalue weighted by molar-refractivity contribution is 6.30. The first-order valence-corrected chi connectivity index (χ1v) is 10.8. The van der Waals surface area contributed by atoms with Crippen molar-refractivity contribution < 1.29 is 22.6 Å². The molecule has 4 aromatic rings. The van der Waals surface area contributed by atoms with Gasteiger partial charge in [-0.2, -0.15) is 10.2 Å². The van der Waals surface area contributed by atoms with Crippen LogP contribution in [0.25, 0.3) is 11.2 Å². The molecule has 0 atom stereocenters. The van der Waals surface area contributed by atoms with Gasteiger partial charge in [0.2, 0.25) is 0 Å². The number of halogens is 4. The molecule has 0 fully saturated rings. The lowest BCUT2D eigenvalue weighted by atomic mass is 10.2. The topological polar surface area (TPSA) is 104 Å². The number of aromatic nitrogens is 4. The van der Waals surface area contributed by atoms with E-state index in [0.717, 1.165) is 21.3 Å². The van der Waals surface area contributed by atoms with Crippen LogP contribution in [0.5, 0.6) is 17.5 Å². The quantitative estimate of drug-likeness (QED) is 0.362. The summed E-state index contributed by atoms with van der Waals surface area (Å²) in [5.74, 6) is -0.550. The summed E-state index contributed by atoms with van der Waals surface area (Å²) >= 11 is 5.97. The molecule has 0 saturated heterocycles. The minimum absolute atomic E-state index is 0.00451. The molecule has 0 aliphatic heterocycles. The zero-order valence-electron chi connectivity index (χ0n) is 18.6. The van der Waals surface area contributed by atoms with Gasteiger partial charge >= 0.3 is 18.1 Å². The number of rotatable bonds is 7. The second-order valence-electron chi connectivity index (χ2n) is 7.61. The SMILES string of the molecule is Cn1c(=O)n(CCC#N)c(=O)c2c1nc(Oc1cccc(OC(F)(F)F)c1)n2Cc1ccc(Cl)cc1. The first-order chi connectivity index (χ1) is 17.1. The summed E-state index contributed by atoms with van der Waals surface area (Å²) in [6.45, 7) is -0.0650. The molecule has 4 rings (SSSR count). The van der Waals surface area contributed by atoms with Crippen molar-refractivity contribution in [3.8, 4) is 23.6 Å². The largest absolute Gasteiger partial charge is 0.573 e. The summed E-state index contributed by atoms with van der Waals surface area (Å²) in [4.78, 5) is 30.4. The summed E-state index contributed by atoms with van der Waals surface area (Å²) in [6, 6.07) is 13.3. The lowest BCUT2D eigenvalue weighted by Gasteiger charge is -2.12. The van der Waals surface area contributed by atoms with Gasteiger partial charge in [0.05, 0.1) is 19.0 Å². The summed E-state index contributed by atoms with van der Waals surface area (Å²) in [6.07, 6.45) is -4.96. The van der Waals surface area contributed by atoms with Gasteiger partial charge in [0, 0.05) is 24.7 Å². The van der Waals surface area contributed by atoms with E-state index in [9.17, 15) is 22.8 Å². The third-order valence-corrected chi connectivity index (χ3v) is 5.40. The van der Waals surface area contributed by atoms with Crippen molar-refractivity contribution in [2.75, 3.05) is 0 Å². The number of nitrogens with zero attached hydrogens (tertiary/aromatic N) is 5. The number of ether oxygens (including phenoxy) is 2. The zero-order valence-corrected chi connectivity index (χ0v) is 19.4. The number of fused-ring (bicyclic) bond motifs is 1. The van der Waals surface area contributed by atoms with Crippen LogP contribution in [-0.4, -0.2) is 25.0 Å². The van der Waals surface area contributed by atoms with Gasteiger partial charge in [-0.1, -0.05) is 29.8 Å². The normalized spacial score (nSPS) is 11.4. The Labute approximate surface area is 206 Å². The Hall–Kier alpha value is -4.24. The van der Waals surface area contributed by atoms with E-state index in [-0.39, 0.29) is 42.4 Å². The van der Waals surface area contributed by atoms with Crippen molar-refractivity contribution >= 4 is 22.8 Å². The molecule has 2 heterocycles. The Kier molecular flexibility index (Phi) is 6.76. The van der Waals surface area contributed by atoms with E-state index in [4.69, 9.17) is 21.6 Å². The van der Waals surface area contributed by atoms with E-state index in [1.165, 1.54) is 23.7 Å². The van der Waals surface area contributed by atoms with E-state index in [2.05, 4.69) is 9.72 Å². The Balaban J connectivity index is 1.88. The minimum atomic E-state index is -4.90. The number of nitriles is 1. The van der Waals surface area contributed by atoms with Crippen molar-refractivity contribution in [3.05, 3.63) is 80.0 Å². The monoisotopic (exact) mass is 519 g/mol. The molecule has 0 N–H and O–H groups in total. The van der Waals surface area contributed by atoms with Gasteiger partial charge in [-0.25, -0.2) is 4.79 Å². The summed E-state index contributed by atoms with van der Waals surface area (Å²) in [5, 5.41) is 9.42. The first-order valence-electron chi connectivity index (χ1n) is 10.4. The van der Waals surface area contributed by atoms with Crippen molar-refractivity contribution in [1.82, 2.24) is 18.7 Å². The Morgan fingerprint density at radius 2 is 1.78 bits per heavy atom. The Morgan fingerprint density at radius 3 is 2.44 bits per heavy atom. The Bertz CT molecular complexity index is 1580. The third-order valence-electron chi connectivity index (χ3n) is 5.15. The molecule has 9 nitrogen and oxygen atoms in total. The lowest BCUT2D eigenvalue weighted by Crippen LogP contribution is -2.39. The summed E-state index contributed by atoms with van der Waals surface area (Å²) < 4.78 is 51.1. The molecule has 0 unspecified atom stereocenters. The molecule has 13 heteroatoms. The second kappa shape index (κ2) is 9.79. The maximum atomic E-state index is 13.3. The standard InChI is InChI=1S/C23H17ClF3N5O4/c1-30-19-18(20(33)31(22(30)34)11-3-10-28)32(13-14-6-8-15(24)9-7-14)21(29-19)35-16-4-2-5-17(12-16)36-23(25,26)27/h2,4-9,12H,3,11,13H2,1H3. The van der Waals surface area contributed by atoms with Crippen LogP contribution in [0.1, 0.15) is 12.0 Å². The fourth-order valence-corrected chi connectivity index (χ4v) is 3.67. The van der Waals surface area contributed by atoms with Gasteiger partial charge < -0.3 is 9.47 Å². The molecule has 2 aromatic heterocycles. The van der Waals surface area contributed by atoms with Crippen molar-refractivity contribution in [2.24, 2.45) is 7.05 Å². The van der Waals surface area contributed by atoms with Gasteiger partial charge in [0.15, 0.2) is 11.2 Å². The molecule has 2 aromatic carbocycles. The van der Waals surface area contributed by atoms with E-state index < -0.39 is 23.4 Å². The van der Waals surface area contributed by atoms with Crippen LogP contribution >= 0.6 is 11.6 Å². The fourth-order valence-electron chi connectivity index (χ4n) is 3.55. The smallest absolute Gasteiger partial charge is 0.425 e. The zero-order chi connectivity index (χ0) is 26.0. The molecule has 36 heavy (non-hydrogen) atoms. The van der Waals surface area contributed by atoms with Crippen LogP contribution in [0.15, 0.2) is 58.1 Å². The van der Waals surface area contributed by atoms with E-state index in [1.54, 1.807) is 24.3 Å². The highest BCUT2D eigenvalue weighted by atomic mass is 35.5. The average molecular weight is 520 g/mol. The predicted molar refractivity (Wildman–Crippen MR) is 123 cm³/mol. The molecular formula is C23H17ClF3N5O4. The van der Waals surface area contributed by atoms with Crippen LogP contribution in [0.2, 0.25) is 5.02 Å². The van der Waals surface area contributed by atoms with E-state index >= 15 is 0 Å². The second-order valence-corrected chi connectivity index (χ2v) is 8.05. The highest BCUT2D eigenvalue weighted by Gasteiger charge is 2.31. The van der Waals surface area contributed by atoms with Crippen LogP contribution in [0, 0.1) is 11.3 Å². The van der Waals surface area contributed by atoms with E-state index in [1.807, 2.05) is 6.07 Å². The molecule has 0 aliphatic carbocycles. The molecule has 0 amide bonds. The maximum absolute atomic E-state index is 13.3. The first kappa shape index (κ1) is 24.9. The van der Waals surface area contributed by atoms with Gasteiger partial charge in [-0.05, 0) is 29.8 Å². The maximum Gasteiger partial charge on any atom is 0.573 e. The van der Waals surface area contributed by atoms with Crippen molar-refractivity contribution in [3.63, 3.8) is 0 Å². The van der Waals surface area contributed by atoms with Gasteiger partial charge in [-0.15, -0.1) is 13.2 Å². The predicted octanol–water partition coefficient (Wildman–Crippen LogP) is 4.20. The number of benzene rings is 2. The fraction of sp³-hybridized carbons (Fsp3) is 0.217. The number of hydrogen-bond donors (Lipinski definition) is 0. The molecule has 0 saturated carbocycles. The van der Waals surface area contributed by atoms with Crippen molar-refractivity contribution in [2.45, 2.75) is 25.9 Å². The number of hydrogen-bond acceptors (Lipinski definition) is 6. The number of imidazole rings is 1. The van der Waals surface area contributed by atoms with Gasteiger partial charge in [0.25, 0.3) is 5.56 Å². The molecule has 0 spiro atoms. The Morgan fingerprint density at radius 1 is 1.08 bits per heavy atom. The van der Waals surface area contributed by atoms with Crippen LogP contribution in [-0.2, 0) is 20.1 Å². The van der Waals surface area contributed by atoms with E-state index in [0.29, 0.717) is 10.6 Å². The van der Waals surface area contributed by atoms with Crippen LogP contribution in [0.4, 0.5) is 13.2 Å². The van der Waals surface area contributed by atoms with Crippen LogP contribution in [0.3, 0.4) is 0 Å². The summed E-state index contributed by atoms with van der Waals surface area (Å²) in [5.41, 5.74) is -0.637. The lowest BCUT2D eigenvalue weighted by molar-refractivity contribution is -0.274. The van der Waals surface area contributed by atoms with Crippen molar-refractivity contribution in [1.29, 1.82) is 5.26 Å². The third kappa shape index (κ3) is 5.21. The molecule has 0 bridgehead atoms. The molecule has 186 valence electrons. The number of aryl methyl sites for hydroxylation is 1. The number of alkyl halides is 3. The average Bonchev–Trinajstić information content (AvgIpc) is 3.16. The van der Waals surface area contributed by atoms with Gasteiger partial charge in [-0.3, -0.25) is 18.5 Å². The van der Waals surface area contributed by atoms with Crippen LogP contribution < -0.4 is 20.7 Å². The highest BCUT2D eigenvalue weighted by Crippen LogP contribution is 2.30. The summed E-state index contributed by atoms with van der Waals surface area (Å²) in [7, 11) is 1.41. The molecular weight excluding hydrogens is 503 g/mol.